The summed E-state index contributed by atoms with van der Waals surface area (Å²) in [4.78, 5) is 23.8. The Balaban J connectivity index is 1.43. The molecule has 0 radical (unpaired) electrons. The minimum absolute atomic E-state index is 0.242. The molecule has 5 aromatic rings. The Bertz CT molecular complexity index is 1490. The van der Waals surface area contributed by atoms with Crippen LogP contribution in [-0.4, -0.2) is 20.9 Å². The van der Waals surface area contributed by atoms with Crippen LogP contribution in [0.15, 0.2) is 91.3 Å². The lowest BCUT2D eigenvalue weighted by molar-refractivity contribution is -0.137. The molecule has 2 N–H and O–H groups in total. The first-order valence-electron chi connectivity index (χ1n) is 10.4. The van der Waals surface area contributed by atoms with Crippen LogP contribution in [0.3, 0.4) is 0 Å². The molecule has 34 heavy (non-hydrogen) atoms. The van der Waals surface area contributed by atoms with Gasteiger partial charge in [-0.2, -0.15) is 13.2 Å². The highest BCUT2D eigenvalue weighted by Crippen LogP contribution is 2.32. The molecule has 0 atom stereocenters. The number of anilines is 1. The molecule has 5 rings (SSSR count). The van der Waals surface area contributed by atoms with Crippen LogP contribution in [-0.2, 0) is 6.18 Å². The van der Waals surface area contributed by atoms with Gasteiger partial charge in [0.1, 0.15) is 5.82 Å². The maximum atomic E-state index is 13.0. The Kier molecular flexibility index (Phi) is 5.33. The smallest absolute Gasteiger partial charge is 0.338 e. The van der Waals surface area contributed by atoms with Crippen LogP contribution >= 0.6 is 0 Å². The minimum Gasteiger partial charge on any atom is -0.338 e. The lowest BCUT2D eigenvalue weighted by Gasteiger charge is -2.09. The van der Waals surface area contributed by atoms with E-state index in [4.69, 9.17) is 0 Å². The molecule has 2 aromatic heterocycles. The van der Waals surface area contributed by atoms with Crippen molar-refractivity contribution in [3.63, 3.8) is 0 Å². The van der Waals surface area contributed by atoms with Crippen molar-refractivity contribution in [1.82, 2.24) is 15.0 Å². The Morgan fingerprint density at radius 3 is 2.29 bits per heavy atom. The number of nitrogens with zero attached hydrogens (tertiary/aromatic N) is 2. The fourth-order valence-electron chi connectivity index (χ4n) is 3.65. The third-order valence-electron chi connectivity index (χ3n) is 5.34. The van der Waals surface area contributed by atoms with Crippen LogP contribution in [0.2, 0.25) is 0 Å². The number of hydrogen-bond acceptors (Lipinski definition) is 3. The van der Waals surface area contributed by atoms with Crippen molar-refractivity contribution in [3.05, 3.63) is 102 Å². The Morgan fingerprint density at radius 2 is 1.53 bits per heavy atom. The summed E-state index contributed by atoms with van der Waals surface area (Å²) in [5, 5.41) is 2.87. The average Bonchev–Trinajstić information content (AvgIpc) is 3.28. The van der Waals surface area contributed by atoms with Gasteiger partial charge in [-0.3, -0.25) is 9.78 Å². The number of carbonyl (C=O) groups is 1. The molecule has 5 nitrogen and oxygen atoms in total. The van der Waals surface area contributed by atoms with Crippen LogP contribution in [0, 0.1) is 0 Å². The zero-order valence-corrected chi connectivity index (χ0v) is 17.6. The lowest BCUT2D eigenvalue weighted by Crippen LogP contribution is -2.11. The van der Waals surface area contributed by atoms with Crippen LogP contribution in [0.4, 0.5) is 18.9 Å². The number of nitrogens with one attached hydrogen (secondary N) is 2. The predicted molar refractivity (Wildman–Crippen MR) is 124 cm³/mol. The Morgan fingerprint density at radius 1 is 0.824 bits per heavy atom. The standard InChI is InChI=1S/C26H17F3N4O/c27-26(28,29)20-7-8-22-23(15-20)33-24(32-22)19-5-1-3-17(13-19)18-4-2-6-21(14-18)31-25(34)16-9-11-30-12-10-16/h1-15H,(H,31,34)(H,32,33). The summed E-state index contributed by atoms with van der Waals surface area (Å²) in [7, 11) is 0. The van der Waals surface area contributed by atoms with E-state index in [0.29, 0.717) is 28.1 Å². The SMILES string of the molecule is O=C(Nc1cccc(-c2cccc(-c3nc4ccc(C(F)(F)F)cc4[nH]3)c2)c1)c1ccncc1. The summed E-state index contributed by atoms with van der Waals surface area (Å²) in [6.45, 7) is 0. The van der Waals surface area contributed by atoms with Gasteiger partial charge < -0.3 is 10.3 Å². The van der Waals surface area contributed by atoms with Crippen molar-refractivity contribution in [2.24, 2.45) is 0 Å². The van der Waals surface area contributed by atoms with Gasteiger partial charge in [0, 0.05) is 29.2 Å². The van der Waals surface area contributed by atoms with Crippen LogP contribution in [0.5, 0.6) is 0 Å². The van der Waals surface area contributed by atoms with Crippen LogP contribution in [0.1, 0.15) is 15.9 Å². The number of hydrogen-bond donors (Lipinski definition) is 2. The molecule has 3 aromatic carbocycles. The fraction of sp³-hybridized carbons (Fsp3) is 0.0385. The first-order valence-corrected chi connectivity index (χ1v) is 10.4. The first-order chi connectivity index (χ1) is 16.4. The van der Waals surface area contributed by atoms with Crippen molar-refractivity contribution in [1.29, 1.82) is 0 Å². The van der Waals surface area contributed by atoms with Gasteiger partial charge in [-0.25, -0.2) is 4.98 Å². The molecule has 0 aliphatic rings. The van der Waals surface area contributed by atoms with Crippen molar-refractivity contribution >= 4 is 22.6 Å². The number of aromatic nitrogens is 3. The van der Waals surface area contributed by atoms with Crippen LogP contribution < -0.4 is 5.32 Å². The molecule has 0 aliphatic carbocycles. The van der Waals surface area contributed by atoms with Crippen molar-refractivity contribution in [2.75, 3.05) is 5.32 Å². The molecule has 0 fully saturated rings. The normalized spacial score (nSPS) is 11.5. The van der Waals surface area contributed by atoms with Gasteiger partial charge in [-0.05, 0) is 59.7 Å². The fourth-order valence-corrected chi connectivity index (χ4v) is 3.65. The van der Waals surface area contributed by atoms with Gasteiger partial charge in [0.2, 0.25) is 0 Å². The van der Waals surface area contributed by atoms with Crippen molar-refractivity contribution in [2.45, 2.75) is 6.18 Å². The van der Waals surface area contributed by atoms with E-state index >= 15 is 0 Å². The molecule has 0 spiro atoms. The number of H-pyrrole nitrogens is 1. The molecule has 0 unspecified atom stereocenters. The number of carbonyl (C=O) groups excluding carboxylic acids is 1. The maximum absolute atomic E-state index is 13.0. The summed E-state index contributed by atoms with van der Waals surface area (Å²) in [5.74, 6) is 0.229. The number of amides is 1. The predicted octanol–water partition coefficient (Wildman–Crippen LogP) is 6.56. The molecule has 0 bridgehead atoms. The maximum Gasteiger partial charge on any atom is 0.416 e. The number of aromatic amines is 1. The summed E-state index contributed by atoms with van der Waals surface area (Å²) >= 11 is 0. The van der Waals surface area contributed by atoms with Gasteiger partial charge in [-0.1, -0.05) is 30.3 Å². The molecule has 8 heteroatoms. The minimum atomic E-state index is -4.42. The van der Waals surface area contributed by atoms with Gasteiger partial charge in [0.15, 0.2) is 0 Å². The van der Waals surface area contributed by atoms with Gasteiger partial charge in [0.25, 0.3) is 5.91 Å². The largest absolute Gasteiger partial charge is 0.416 e. The Hall–Kier alpha value is -4.46. The van der Waals surface area contributed by atoms with E-state index in [1.807, 2.05) is 42.5 Å². The molecule has 2 heterocycles. The molecule has 0 saturated carbocycles. The van der Waals surface area contributed by atoms with Gasteiger partial charge in [0.05, 0.1) is 16.6 Å². The number of rotatable bonds is 4. The third kappa shape index (κ3) is 4.38. The van der Waals surface area contributed by atoms with E-state index < -0.39 is 11.7 Å². The van der Waals surface area contributed by atoms with E-state index in [9.17, 15) is 18.0 Å². The highest BCUT2D eigenvalue weighted by Gasteiger charge is 2.30. The number of pyridine rings is 1. The van der Waals surface area contributed by atoms with E-state index in [1.54, 1.807) is 30.6 Å². The van der Waals surface area contributed by atoms with Crippen LogP contribution in [0.25, 0.3) is 33.5 Å². The Labute approximate surface area is 192 Å². The average molecular weight is 458 g/mol. The highest BCUT2D eigenvalue weighted by molar-refractivity contribution is 6.04. The molecular weight excluding hydrogens is 441 g/mol. The summed E-state index contributed by atoms with van der Waals surface area (Å²) in [6, 6.07) is 21.6. The van der Waals surface area contributed by atoms with E-state index in [-0.39, 0.29) is 5.91 Å². The molecule has 1 amide bonds. The van der Waals surface area contributed by atoms with E-state index in [1.165, 1.54) is 6.07 Å². The summed E-state index contributed by atoms with van der Waals surface area (Å²) in [6.07, 6.45) is -1.31. The van der Waals surface area contributed by atoms with E-state index in [2.05, 4.69) is 20.3 Å². The second kappa shape index (κ2) is 8.47. The quantitative estimate of drug-likeness (QED) is 0.320. The molecular formula is C26H17F3N4O. The van der Waals surface area contributed by atoms with Crippen molar-refractivity contribution < 1.29 is 18.0 Å². The zero-order chi connectivity index (χ0) is 23.7. The highest BCUT2D eigenvalue weighted by atomic mass is 19.4. The number of imidazole rings is 1. The second-order valence-electron chi connectivity index (χ2n) is 7.67. The van der Waals surface area contributed by atoms with Crippen molar-refractivity contribution in [3.8, 4) is 22.5 Å². The number of fused-ring (bicyclic) bond motifs is 1. The summed E-state index contributed by atoms with van der Waals surface area (Å²) in [5.41, 5.74) is 3.64. The lowest BCUT2D eigenvalue weighted by atomic mass is 10.0. The molecule has 0 saturated heterocycles. The van der Waals surface area contributed by atoms with E-state index in [0.717, 1.165) is 28.8 Å². The zero-order valence-electron chi connectivity index (χ0n) is 17.6. The topological polar surface area (TPSA) is 70.7 Å². The second-order valence-corrected chi connectivity index (χ2v) is 7.67. The molecule has 0 aliphatic heterocycles. The number of alkyl halides is 3. The van der Waals surface area contributed by atoms with Gasteiger partial charge >= 0.3 is 6.18 Å². The summed E-state index contributed by atoms with van der Waals surface area (Å²) < 4.78 is 39.1. The monoisotopic (exact) mass is 458 g/mol. The van der Waals surface area contributed by atoms with Gasteiger partial charge in [-0.15, -0.1) is 0 Å². The number of halogens is 3. The number of benzene rings is 3. The molecule has 168 valence electrons. The third-order valence-corrected chi connectivity index (χ3v) is 5.34. The first kappa shape index (κ1) is 21.4.